The molecule has 0 aromatic heterocycles. The molecule has 0 saturated carbocycles. The van der Waals surface area contributed by atoms with Crippen molar-refractivity contribution >= 4 is 11.9 Å². The summed E-state index contributed by atoms with van der Waals surface area (Å²) in [6.45, 7) is 3.93. The normalized spacial score (nSPS) is 10.4. The van der Waals surface area contributed by atoms with Crippen LogP contribution < -0.4 is 19.5 Å². The molecular formula is C21H25NO6. The molecule has 2 N–H and O–H groups in total. The molecule has 0 aliphatic rings. The predicted octanol–water partition coefficient (Wildman–Crippen LogP) is 2.92. The van der Waals surface area contributed by atoms with Gasteiger partial charge in [-0.05, 0) is 56.2 Å². The lowest BCUT2D eigenvalue weighted by atomic mass is 10.1. The zero-order chi connectivity index (χ0) is 20.5. The summed E-state index contributed by atoms with van der Waals surface area (Å²) in [6.07, 6.45) is 0.644. The van der Waals surface area contributed by atoms with E-state index in [0.717, 1.165) is 5.56 Å². The summed E-state index contributed by atoms with van der Waals surface area (Å²) in [5.41, 5.74) is 1.49. The Morgan fingerprint density at radius 2 is 1.79 bits per heavy atom. The van der Waals surface area contributed by atoms with Crippen LogP contribution in [-0.4, -0.2) is 43.3 Å². The zero-order valence-corrected chi connectivity index (χ0v) is 16.2. The smallest absolute Gasteiger partial charge is 0.341 e. The summed E-state index contributed by atoms with van der Waals surface area (Å²) in [6, 6.07) is 12.2. The van der Waals surface area contributed by atoms with Crippen molar-refractivity contribution in [1.82, 2.24) is 5.32 Å². The maximum absolute atomic E-state index is 12.4. The number of nitrogens with one attached hydrogen (secondary N) is 1. The molecule has 2 rings (SSSR count). The fourth-order valence-electron chi connectivity index (χ4n) is 2.48. The lowest BCUT2D eigenvalue weighted by Crippen LogP contribution is -2.25. The minimum Gasteiger partial charge on any atom is -0.493 e. The Morgan fingerprint density at radius 3 is 2.39 bits per heavy atom. The number of aliphatic carboxylic acids is 1. The number of ether oxygens (including phenoxy) is 3. The monoisotopic (exact) mass is 387 g/mol. The third-order valence-corrected chi connectivity index (χ3v) is 3.77. The molecule has 2 aromatic rings. The van der Waals surface area contributed by atoms with Gasteiger partial charge in [0.15, 0.2) is 18.1 Å². The van der Waals surface area contributed by atoms with Crippen molar-refractivity contribution in [2.24, 2.45) is 0 Å². The molecule has 0 aliphatic carbocycles. The fourth-order valence-corrected chi connectivity index (χ4v) is 2.48. The van der Waals surface area contributed by atoms with E-state index in [4.69, 9.17) is 19.3 Å². The van der Waals surface area contributed by atoms with Gasteiger partial charge >= 0.3 is 5.97 Å². The second-order valence-corrected chi connectivity index (χ2v) is 6.36. The van der Waals surface area contributed by atoms with E-state index in [1.165, 1.54) is 7.11 Å². The van der Waals surface area contributed by atoms with Crippen LogP contribution in [0.15, 0.2) is 42.5 Å². The van der Waals surface area contributed by atoms with Crippen molar-refractivity contribution < 1.29 is 28.9 Å². The standard InChI is InChI=1S/C21H25NO6/c1-14(2)28-18-9-6-16(12-19(18)26-3)21(25)22-11-10-15-4-7-17(8-5-15)27-13-20(23)24/h4-9,12,14H,10-11,13H2,1-3H3,(H,22,25)(H,23,24). The SMILES string of the molecule is COc1cc(C(=O)NCCc2ccc(OCC(=O)O)cc2)ccc1OC(C)C. The molecule has 7 nitrogen and oxygen atoms in total. The maximum atomic E-state index is 12.4. The first-order valence-electron chi connectivity index (χ1n) is 8.95. The molecule has 7 heteroatoms. The number of methoxy groups -OCH3 is 1. The third-order valence-electron chi connectivity index (χ3n) is 3.77. The summed E-state index contributed by atoms with van der Waals surface area (Å²) in [5.74, 6) is 0.381. The average molecular weight is 387 g/mol. The highest BCUT2D eigenvalue weighted by Gasteiger charge is 2.12. The van der Waals surface area contributed by atoms with Crippen LogP contribution in [0.25, 0.3) is 0 Å². The summed E-state index contributed by atoms with van der Waals surface area (Å²) in [7, 11) is 1.54. The molecule has 0 saturated heterocycles. The topological polar surface area (TPSA) is 94.1 Å². The van der Waals surface area contributed by atoms with Crippen molar-refractivity contribution in [3.05, 3.63) is 53.6 Å². The number of benzene rings is 2. The summed E-state index contributed by atoms with van der Waals surface area (Å²) in [4.78, 5) is 22.8. The molecule has 0 unspecified atom stereocenters. The number of carboxylic acid groups (broad SMARTS) is 1. The van der Waals surface area contributed by atoms with Gasteiger partial charge in [0.25, 0.3) is 5.91 Å². The molecule has 0 fully saturated rings. The van der Waals surface area contributed by atoms with E-state index < -0.39 is 5.97 Å². The highest BCUT2D eigenvalue weighted by molar-refractivity contribution is 5.94. The Hall–Kier alpha value is -3.22. The molecule has 0 aliphatic heterocycles. The van der Waals surface area contributed by atoms with Gasteiger partial charge in [-0.1, -0.05) is 12.1 Å². The Kier molecular flexibility index (Phi) is 7.68. The van der Waals surface area contributed by atoms with Crippen LogP contribution in [0, 0.1) is 0 Å². The van der Waals surface area contributed by atoms with Gasteiger partial charge in [0.1, 0.15) is 5.75 Å². The highest BCUT2D eigenvalue weighted by Crippen LogP contribution is 2.28. The molecule has 2 aromatic carbocycles. The van der Waals surface area contributed by atoms with Gasteiger partial charge in [-0.25, -0.2) is 4.79 Å². The van der Waals surface area contributed by atoms with E-state index in [9.17, 15) is 9.59 Å². The molecule has 0 spiro atoms. The maximum Gasteiger partial charge on any atom is 0.341 e. The average Bonchev–Trinajstić information content (AvgIpc) is 2.67. The highest BCUT2D eigenvalue weighted by atomic mass is 16.5. The number of hydrogen-bond acceptors (Lipinski definition) is 5. The van der Waals surface area contributed by atoms with Gasteiger partial charge in [-0.2, -0.15) is 0 Å². The molecule has 1 amide bonds. The zero-order valence-electron chi connectivity index (χ0n) is 16.2. The van der Waals surface area contributed by atoms with Gasteiger partial charge in [0.05, 0.1) is 13.2 Å². The van der Waals surface area contributed by atoms with E-state index in [2.05, 4.69) is 5.32 Å². The van der Waals surface area contributed by atoms with Crippen molar-refractivity contribution in [3.63, 3.8) is 0 Å². The molecule has 150 valence electrons. The number of amides is 1. The van der Waals surface area contributed by atoms with Gasteiger partial charge in [-0.3, -0.25) is 4.79 Å². The molecule has 0 heterocycles. The lowest BCUT2D eigenvalue weighted by molar-refractivity contribution is -0.139. The van der Waals surface area contributed by atoms with E-state index in [0.29, 0.717) is 35.8 Å². The summed E-state index contributed by atoms with van der Waals surface area (Å²) >= 11 is 0. The van der Waals surface area contributed by atoms with Crippen LogP contribution in [0.2, 0.25) is 0 Å². The minimum absolute atomic E-state index is 0.00879. The molecule has 0 bridgehead atoms. The first-order valence-corrected chi connectivity index (χ1v) is 8.95. The van der Waals surface area contributed by atoms with Crippen molar-refractivity contribution in [2.45, 2.75) is 26.4 Å². The third kappa shape index (κ3) is 6.50. The Bertz CT molecular complexity index is 801. The first-order chi connectivity index (χ1) is 13.4. The Morgan fingerprint density at radius 1 is 1.07 bits per heavy atom. The number of carbonyl (C=O) groups is 2. The van der Waals surface area contributed by atoms with Crippen molar-refractivity contribution in [3.8, 4) is 17.2 Å². The van der Waals surface area contributed by atoms with Crippen molar-refractivity contribution in [2.75, 3.05) is 20.3 Å². The van der Waals surface area contributed by atoms with E-state index >= 15 is 0 Å². The van der Waals surface area contributed by atoms with Crippen molar-refractivity contribution in [1.29, 1.82) is 0 Å². The fraction of sp³-hybridized carbons (Fsp3) is 0.333. The van der Waals surface area contributed by atoms with Crippen LogP contribution in [-0.2, 0) is 11.2 Å². The van der Waals surface area contributed by atoms with Crippen LogP contribution >= 0.6 is 0 Å². The molecule has 0 atom stereocenters. The second kappa shape index (κ2) is 10.2. The molecule has 28 heavy (non-hydrogen) atoms. The Labute approximate surface area is 164 Å². The number of carboxylic acids is 1. The van der Waals surface area contributed by atoms with Gasteiger partial charge in [0, 0.05) is 12.1 Å². The van der Waals surface area contributed by atoms with Crippen LogP contribution in [0.3, 0.4) is 0 Å². The Balaban J connectivity index is 1.87. The van der Waals surface area contributed by atoms with Crippen LogP contribution in [0.5, 0.6) is 17.2 Å². The van der Waals surface area contributed by atoms with Crippen LogP contribution in [0.4, 0.5) is 0 Å². The largest absolute Gasteiger partial charge is 0.493 e. The van der Waals surface area contributed by atoms with Crippen LogP contribution in [0.1, 0.15) is 29.8 Å². The van der Waals surface area contributed by atoms with Gasteiger partial charge in [-0.15, -0.1) is 0 Å². The number of rotatable bonds is 10. The number of hydrogen-bond donors (Lipinski definition) is 2. The van der Waals surface area contributed by atoms with Gasteiger partial charge in [0.2, 0.25) is 0 Å². The second-order valence-electron chi connectivity index (χ2n) is 6.36. The van der Waals surface area contributed by atoms with E-state index in [-0.39, 0.29) is 18.6 Å². The predicted molar refractivity (Wildman–Crippen MR) is 104 cm³/mol. The molecular weight excluding hydrogens is 362 g/mol. The first kappa shape index (κ1) is 21.1. The van der Waals surface area contributed by atoms with E-state index in [1.54, 1.807) is 30.3 Å². The quantitative estimate of drug-likeness (QED) is 0.651. The summed E-state index contributed by atoms with van der Waals surface area (Å²) < 4.78 is 16.0. The summed E-state index contributed by atoms with van der Waals surface area (Å²) in [5, 5.41) is 11.5. The van der Waals surface area contributed by atoms with Gasteiger partial charge < -0.3 is 24.6 Å². The molecule has 0 radical (unpaired) electrons. The number of carbonyl (C=O) groups excluding carboxylic acids is 1. The minimum atomic E-state index is -1.02. The van der Waals surface area contributed by atoms with E-state index in [1.807, 2.05) is 26.0 Å². The lowest BCUT2D eigenvalue weighted by Gasteiger charge is -2.14.